The predicted octanol–water partition coefficient (Wildman–Crippen LogP) is 4.35. The number of thiophene rings is 1. The van der Waals surface area contributed by atoms with E-state index in [1.165, 1.54) is 34.4 Å². The highest BCUT2D eigenvalue weighted by molar-refractivity contribution is 7.17. The summed E-state index contributed by atoms with van der Waals surface area (Å²) in [4.78, 5) is 29.7. The number of alkyl halides is 2. The van der Waals surface area contributed by atoms with Gasteiger partial charge >= 0.3 is 6.61 Å². The lowest BCUT2D eigenvalue weighted by molar-refractivity contribution is -0.0498. The first kappa shape index (κ1) is 20.0. The van der Waals surface area contributed by atoms with Crippen LogP contribution in [0.4, 0.5) is 8.78 Å². The summed E-state index contributed by atoms with van der Waals surface area (Å²) >= 11 is 1.29. The molecule has 0 spiro atoms. The van der Waals surface area contributed by atoms with E-state index in [1.807, 2.05) is 11.5 Å². The number of Topliss-reactive ketones (excluding diaryl/α,β-unsaturated/α-hetero) is 1. The maximum atomic E-state index is 12.9. The van der Waals surface area contributed by atoms with Crippen LogP contribution < -0.4 is 10.3 Å². The highest BCUT2D eigenvalue weighted by atomic mass is 32.1. The molecule has 0 radical (unpaired) electrons. The molecule has 0 saturated carbocycles. The zero-order valence-electron chi connectivity index (χ0n) is 16.1. The van der Waals surface area contributed by atoms with E-state index >= 15 is 0 Å². The first-order chi connectivity index (χ1) is 14.3. The van der Waals surface area contributed by atoms with E-state index in [9.17, 15) is 18.4 Å². The second kappa shape index (κ2) is 7.83. The maximum Gasteiger partial charge on any atom is 0.387 e. The highest BCUT2D eigenvalue weighted by Gasteiger charge is 2.18. The standard InChI is InChI=1S/C21H17F2N3O3S/c1-12-9-16(13(2)26(12)14-3-5-15(6-4-14)29-21(22)23)18(27)10-25-11-24-17-7-8-30-19(17)20(25)28/h3-9,11,21H,10H2,1-2H3. The van der Waals surface area contributed by atoms with Crippen molar-refractivity contribution in [3.63, 3.8) is 0 Å². The molecular formula is C21H17F2N3O3S. The number of hydrogen-bond donors (Lipinski definition) is 0. The van der Waals surface area contributed by atoms with Crippen molar-refractivity contribution in [2.75, 3.05) is 0 Å². The van der Waals surface area contributed by atoms with Crippen molar-refractivity contribution in [2.45, 2.75) is 27.0 Å². The Balaban J connectivity index is 1.63. The molecule has 0 fully saturated rings. The van der Waals surface area contributed by atoms with Crippen LogP contribution in [0.15, 0.2) is 52.9 Å². The van der Waals surface area contributed by atoms with Gasteiger partial charge in [-0.2, -0.15) is 8.78 Å². The van der Waals surface area contributed by atoms with Gasteiger partial charge in [-0.25, -0.2) is 4.98 Å². The number of aromatic nitrogens is 3. The fraction of sp³-hybridized carbons (Fsp3) is 0.190. The molecule has 0 atom stereocenters. The van der Waals surface area contributed by atoms with Crippen LogP contribution in [0, 0.1) is 13.8 Å². The average Bonchev–Trinajstić information content (AvgIpc) is 3.29. The van der Waals surface area contributed by atoms with E-state index in [1.54, 1.807) is 36.6 Å². The maximum absolute atomic E-state index is 12.9. The van der Waals surface area contributed by atoms with E-state index in [4.69, 9.17) is 0 Å². The third-order valence-electron chi connectivity index (χ3n) is 4.80. The number of halogens is 2. The third kappa shape index (κ3) is 3.63. The van der Waals surface area contributed by atoms with Gasteiger partial charge in [0.15, 0.2) is 5.78 Å². The highest BCUT2D eigenvalue weighted by Crippen LogP contribution is 2.24. The van der Waals surface area contributed by atoms with Crippen molar-refractivity contribution in [3.05, 3.63) is 75.4 Å². The van der Waals surface area contributed by atoms with Gasteiger partial charge in [0.25, 0.3) is 5.56 Å². The Morgan fingerprint density at radius 2 is 1.93 bits per heavy atom. The largest absolute Gasteiger partial charge is 0.435 e. The Morgan fingerprint density at radius 1 is 1.20 bits per heavy atom. The smallest absolute Gasteiger partial charge is 0.387 e. The van der Waals surface area contributed by atoms with Crippen LogP contribution in [0.1, 0.15) is 21.7 Å². The summed E-state index contributed by atoms with van der Waals surface area (Å²) in [5.74, 6) is -0.157. The Bertz CT molecular complexity index is 1290. The topological polar surface area (TPSA) is 66.1 Å². The first-order valence-corrected chi connectivity index (χ1v) is 9.93. The molecule has 3 aromatic heterocycles. The second-order valence-electron chi connectivity index (χ2n) is 6.73. The summed E-state index contributed by atoms with van der Waals surface area (Å²) in [6, 6.07) is 9.70. The summed E-state index contributed by atoms with van der Waals surface area (Å²) in [6.07, 6.45) is 1.39. The van der Waals surface area contributed by atoms with Gasteiger partial charge in [0, 0.05) is 22.6 Å². The fourth-order valence-electron chi connectivity index (χ4n) is 3.45. The van der Waals surface area contributed by atoms with Crippen LogP contribution in [0.25, 0.3) is 15.9 Å². The van der Waals surface area contributed by atoms with Crippen molar-refractivity contribution < 1.29 is 18.3 Å². The number of ether oxygens (including phenoxy) is 1. The molecule has 0 aliphatic heterocycles. The lowest BCUT2D eigenvalue weighted by Crippen LogP contribution is -2.24. The minimum Gasteiger partial charge on any atom is -0.435 e. The van der Waals surface area contributed by atoms with Gasteiger partial charge in [-0.05, 0) is 55.6 Å². The van der Waals surface area contributed by atoms with Crippen molar-refractivity contribution >= 4 is 27.3 Å². The molecular weight excluding hydrogens is 412 g/mol. The number of hydrogen-bond acceptors (Lipinski definition) is 5. The molecule has 6 nitrogen and oxygen atoms in total. The van der Waals surface area contributed by atoms with Crippen LogP contribution in [0.5, 0.6) is 5.75 Å². The number of nitrogens with zero attached hydrogens (tertiary/aromatic N) is 3. The Hall–Kier alpha value is -3.33. The summed E-state index contributed by atoms with van der Waals surface area (Å²) < 4.78 is 32.7. The molecule has 4 aromatic rings. The van der Waals surface area contributed by atoms with Gasteiger partial charge in [-0.3, -0.25) is 14.2 Å². The van der Waals surface area contributed by atoms with E-state index in [2.05, 4.69) is 9.72 Å². The normalized spacial score (nSPS) is 11.4. The van der Waals surface area contributed by atoms with Crippen LogP contribution in [-0.4, -0.2) is 26.5 Å². The van der Waals surface area contributed by atoms with E-state index in [0.717, 1.165) is 5.69 Å². The molecule has 0 aliphatic carbocycles. The van der Waals surface area contributed by atoms with Gasteiger partial charge in [-0.15, -0.1) is 11.3 Å². The fourth-order valence-corrected chi connectivity index (χ4v) is 4.24. The summed E-state index contributed by atoms with van der Waals surface area (Å²) in [5, 5.41) is 1.79. The van der Waals surface area contributed by atoms with Gasteiger partial charge in [0.2, 0.25) is 0 Å². The molecule has 0 aliphatic rings. The second-order valence-corrected chi connectivity index (χ2v) is 7.64. The van der Waals surface area contributed by atoms with Crippen LogP contribution in [0.2, 0.25) is 0 Å². The number of benzene rings is 1. The Labute approximate surface area is 174 Å². The Kier molecular flexibility index (Phi) is 5.21. The van der Waals surface area contributed by atoms with Crippen molar-refractivity contribution in [3.8, 4) is 11.4 Å². The van der Waals surface area contributed by atoms with Crippen molar-refractivity contribution in [1.82, 2.24) is 14.1 Å². The zero-order valence-corrected chi connectivity index (χ0v) is 17.0. The van der Waals surface area contributed by atoms with Gasteiger partial charge in [0.1, 0.15) is 10.4 Å². The molecule has 9 heteroatoms. The molecule has 0 unspecified atom stereocenters. The minimum absolute atomic E-state index is 0.0587. The van der Waals surface area contributed by atoms with E-state index in [-0.39, 0.29) is 23.6 Å². The molecule has 0 amide bonds. The summed E-state index contributed by atoms with van der Waals surface area (Å²) in [6.45, 7) is 0.637. The number of fused-ring (bicyclic) bond motifs is 1. The molecule has 0 saturated heterocycles. The Morgan fingerprint density at radius 3 is 2.63 bits per heavy atom. The number of ketones is 1. The summed E-state index contributed by atoms with van der Waals surface area (Å²) in [5.41, 5.74) is 3.07. The predicted molar refractivity (Wildman–Crippen MR) is 110 cm³/mol. The quantitative estimate of drug-likeness (QED) is 0.428. The average molecular weight is 429 g/mol. The van der Waals surface area contributed by atoms with Crippen LogP contribution in [0.3, 0.4) is 0 Å². The molecule has 4 rings (SSSR count). The van der Waals surface area contributed by atoms with E-state index < -0.39 is 6.61 Å². The first-order valence-electron chi connectivity index (χ1n) is 9.05. The number of rotatable bonds is 6. The van der Waals surface area contributed by atoms with E-state index in [0.29, 0.717) is 27.2 Å². The minimum atomic E-state index is -2.89. The monoisotopic (exact) mass is 429 g/mol. The molecule has 30 heavy (non-hydrogen) atoms. The lowest BCUT2D eigenvalue weighted by Gasteiger charge is -2.11. The molecule has 0 bridgehead atoms. The molecule has 3 heterocycles. The van der Waals surface area contributed by atoms with Crippen molar-refractivity contribution in [2.24, 2.45) is 0 Å². The summed E-state index contributed by atoms with van der Waals surface area (Å²) in [7, 11) is 0. The van der Waals surface area contributed by atoms with Crippen LogP contribution >= 0.6 is 11.3 Å². The van der Waals surface area contributed by atoms with Gasteiger partial charge in [-0.1, -0.05) is 0 Å². The number of carbonyl (C=O) groups is 1. The van der Waals surface area contributed by atoms with Gasteiger partial charge < -0.3 is 9.30 Å². The number of carbonyl (C=O) groups excluding carboxylic acids is 1. The van der Waals surface area contributed by atoms with Crippen molar-refractivity contribution in [1.29, 1.82) is 0 Å². The number of aryl methyl sites for hydroxylation is 1. The molecule has 0 N–H and O–H groups in total. The van der Waals surface area contributed by atoms with Gasteiger partial charge in [0.05, 0.1) is 18.4 Å². The third-order valence-corrected chi connectivity index (χ3v) is 5.69. The molecule has 154 valence electrons. The lowest BCUT2D eigenvalue weighted by atomic mass is 10.1. The van der Waals surface area contributed by atoms with Crippen LogP contribution in [-0.2, 0) is 6.54 Å². The SMILES string of the molecule is Cc1cc(C(=O)Cn2cnc3ccsc3c2=O)c(C)n1-c1ccc(OC(F)F)cc1. The molecule has 1 aromatic carbocycles. The zero-order chi connectivity index (χ0) is 21.4.